The zero-order chi connectivity index (χ0) is 22.5. The van der Waals surface area contributed by atoms with Gasteiger partial charge in [0.05, 0.1) is 37.0 Å². The molecule has 2 atom stereocenters. The van der Waals surface area contributed by atoms with E-state index in [4.69, 9.17) is 29.0 Å². The van der Waals surface area contributed by atoms with Crippen LogP contribution in [0, 0.1) is 0 Å². The van der Waals surface area contributed by atoms with Gasteiger partial charge in [-0.05, 0) is 19.1 Å². The van der Waals surface area contributed by atoms with Crippen LogP contribution in [0.25, 0.3) is 0 Å². The van der Waals surface area contributed by atoms with Crippen LogP contribution in [0.1, 0.15) is 12.5 Å². The van der Waals surface area contributed by atoms with Gasteiger partial charge in [-0.15, -0.1) is 5.12 Å². The number of benzene rings is 1. The van der Waals surface area contributed by atoms with Crippen LogP contribution >= 0.6 is 35.0 Å². The minimum Gasteiger partial charge on any atom is -0.298 e. The Balaban J connectivity index is 2.78. The van der Waals surface area contributed by atoms with Crippen LogP contribution in [-0.4, -0.2) is 32.9 Å². The molecule has 0 bridgehead atoms. The zero-order valence-electron chi connectivity index (χ0n) is 14.4. The number of nitrogens with zero attached hydrogens (tertiary/aromatic N) is 2. The van der Waals surface area contributed by atoms with Crippen LogP contribution in [0.3, 0.4) is 0 Å². The van der Waals surface area contributed by atoms with Gasteiger partial charge in [-0.25, -0.2) is 10.9 Å². The van der Waals surface area contributed by atoms with Crippen molar-refractivity contribution in [2.24, 2.45) is 5.84 Å². The van der Waals surface area contributed by atoms with E-state index < -0.39 is 77.3 Å². The van der Waals surface area contributed by atoms with E-state index in [1.54, 1.807) is 0 Å². The number of nitrogens with two attached hydrogens (primary N) is 1. The van der Waals surface area contributed by atoms with Crippen molar-refractivity contribution in [1.82, 2.24) is 5.12 Å². The number of anilines is 1. The number of hydrazine groups is 2. The molecule has 15 heteroatoms. The molecule has 1 aliphatic heterocycles. The lowest BCUT2D eigenvalue weighted by molar-refractivity contribution is -0.137. The van der Waals surface area contributed by atoms with Crippen molar-refractivity contribution in [3.05, 3.63) is 37.7 Å². The molecule has 162 valence electrons. The quantitative estimate of drug-likeness (QED) is 0.477. The molecule has 0 saturated carbocycles. The molecule has 0 fully saturated rings. The van der Waals surface area contributed by atoms with Crippen LogP contribution in [0.5, 0.6) is 0 Å². The average Bonchev–Trinajstić information content (AvgIpc) is 2.77. The second-order valence-electron chi connectivity index (χ2n) is 5.66. The second kappa shape index (κ2) is 8.27. The number of ketones is 1. The lowest BCUT2D eigenvalue weighted by Gasteiger charge is -2.32. The van der Waals surface area contributed by atoms with E-state index in [1.807, 2.05) is 0 Å². The molecule has 2 unspecified atom stereocenters. The molecule has 2 N–H and O–H groups in total. The average molecular weight is 502 g/mol. The maximum atomic E-state index is 13.2. The first-order valence-electron chi connectivity index (χ1n) is 7.30. The number of alkyl halides is 6. The van der Waals surface area contributed by atoms with Crippen LogP contribution < -0.4 is 10.9 Å². The van der Waals surface area contributed by atoms with Crippen molar-refractivity contribution in [2.45, 2.75) is 24.7 Å². The fourth-order valence-electron chi connectivity index (χ4n) is 2.56. The first kappa shape index (κ1) is 24.3. The Hall–Kier alpha value is -0.990. The molecule has 0 radical (unpaired) electrons. The third kappa shape index (κ3) is 5.02. The molecule has 0 saturated heterocycles. The molecule has 2 rings (SSSR count). The van der Waals surface area contributed by atoms with E-state index in [-0.39, 0.29) is 0 Å². The molecule has 29 heavy (non-hydrogen) atoms. The van der Waals surface area contributed by atoms with Gasteiger partial charge in [0.1, 0.15) is 11.1 Å². The van der Waals surface area contributed by atoms with Gasteiger partial charge in [-0.3, -0.25) is 9.00 Å². The summed E-state index contributed by atoms with van der Waals surface area (Å²) in [5, 5.41) is -1.08. The molecular formula is C14H11Cl2F6N3O2S2. The predicted octanol–water partition coefficient (Wildman–Crippen LogP) is 4.68. The van der Waals surface area contributed by atoms with E-state index in [9.17, 15) is 35.3 Å². The van der Waals surface area contributed by atoms with Gasteiger partial charge < -0.3 is 0 Å². The summed E-state index contributed by atoms with van der Waals surface area (Å²) in [5.74, 6) is 5.05. The number of carbonyl (C=O) groups excluding carboxylic acids is 1. The van der Waals surface area contributed by atoms with Gasteiger partial charge >= 0.3 is 11.7 Å². The summed E-state index contributed by atoms with van der Waals surface area (Å²) in [4.78, 5) is 11.5. The summed E-state index contributed by atoms with van der Waals surface area (Å²) >= 11 is 11.0. The summed E-state index contributed by atoms with van der Waals surface area (Å²) in [7, 11) is -2.09. The number of halogens is 8. The molecule has 0 aromatic heterocycles. The lowest BCUT2D eigenvalue weighted by Crippen LogP contribution is -2.51. The van der Waals surface area contributed by atoms with Crippen LogP contribution in [-0.2, 0) is 21.8 Å². The number of carbonyl (C=O) groups is 1. The Bertz CT molecular complexity index is 883. The summed E-state index contributed by atoms with van der Waals surface area (Å²) in [6.07, 6.45) is -3.79. The number of thioether (sulfide) groups is 1. The van der Waals surface area contributed by atoms with Crippen molar-refractivity contribution in [3.8, 4) is 0 Å². The highest BCUT2D eigenvalue weighted by Gasteiger charge is 2.48. The van der Waals surface area contributed by atoms with Gasteiger partial charge in [0.15, 0.2) is 5.78 Å². The fourth-order valence-corrected chi connectivity index (χ4v) is 5.31. The summed E-state index contributed by atoms with van der Waals surface area (Å²) < 4.78 is 90.5. The minimum atomic E-state index is -4.91. The van der Waals surface area contributed by atoms with E-state index in [1.165, 1.54) is 0 Å². The first-order valence-corrected chi connectivity index (χ1v) is 10.4. The molecule has 0 spiro atoms. The fraction of sp³-hybridized carbons (Fsp3) is 0.357. The Morgan fingerprint density at radius 3 is 2.00 bits per heavy atom. The highest BCUT2D eigenvalue weighted by molar-refractivity contribution is 8.04. The molecule has 1 heterocycles. The Morgan fingerprint density at radius 2 is 1.66 bits per heavy atom. The normalized spacial score (nSPS) is 19.8. The van der Waals surface area contributed by atoms with Gasteiger partial charge in [0.2, 0.25) is 0 Å². The van der Waals surface area contributed by atoms with Gasteiger partial charge in [0, 0.05) is 18.0 Å². The first-order chi connectivity index (χ1) is 13.1. The Kier molecular flexibility index (Phi) is 6.92. The van der Waals surface area contributed by atoms with Crippen molar-refractivity contribution in [3.63, 3.8) is 0 Å². The SMILES string of the molecule is CC(=O)C1C(S(C)=O)=C(SC(F)(F)F)N(c2c(Cl)cc(C(F)(F)F)cc2Cl)N1N. The third-order valence-electron chi connectivity index (χ3n) is 3.61. The number of hydrogen-bond acceptors (Lipinski definition) is 6. The van der Waals surface area contributed by atoms with Crippen LogP contribution in [0.15, 0.2) is 22.1 Å². The second-order valence-corrected chi connectivity index (χ2v) is 8.88. The zero-order valence-corrected chi connectivity index (χ0v) is 17.5. The van der Waals surface area contributed by atoms with E-state index in [2.05, 4.69) is 0 Å². The van der Waals surface area contributed by atoms with Crippen molar-refractivity contribution in [2.75, 3.05) is 11.3 Å². The number of hydrogen-bond donors (Lipinski definition) is 1. The van der Waals surface area contributed by atoms with Crippen LogP contribution in [0.2, 0.25) is 10.0 Å². The topological polar surface area (TPSA) is 66.6 Å². The van der Waals surface area contributed by atoms with Crippen molar-refractivity contribution >= 4 is 57.2 Å². The maximum absolute atomic E-state index is 13.2. The molecule has 0 aliphatic carbocycles. The van der Waals surface area contributed by atoms with E-state index in [0.717, 1.165) is 13.2 Å². The molecule has 1 aromatic carbocycles. The smallest absolute Gasteiger partial charge is 0.298 e. The monoisotopic (exact) mass is 501 g/mol. The lowest BCUT2D eigenvalue weighted by atomic mass is 10.2. The molecule has 1 aliphatic rings. The minimum absolute atomic E-state index is 0.455. The Labute approximate surface area is 177 Å². The highest BCUT2D eigenvalue weighted by Crippen LogP contribution is 2.50. The summed E-state index contributed by atoms with van der Waals surface area (Å²) in [5.41, 5.74) is -6.67. The van der Waals surface area contributed by atoms with Crippen molar-refractivity contribution in [1.29, 1.82) is 0 Å². The highest BCUT2D eigenvalue weighted by atomic mass is 35.5. The molecule has 1 aromatic rings. The molecule has 0 amide bonds. The number of Topliss-reactive ketones (excluding diaryl/α,β-unsaturated/α-hetero) is 1. The standard InChI is InChI=1S/C14H11Cl2F6N3O2S2/c1-5(26)9-11(29(2)27)12(28-14(20,21)22)24(25(9)23)10-7(15)3-6(4-8(10)16)13(17,18)19/h3-4,9H,23H2,1-2H3. The maximum Gasteiger partial charge on any atom is 0.447 e. The van der Waals surface area contributed by atoms with E-state index in [0.29, 0.717) is 22.3 Å². The third-order valence-corrected chi connectivity index (χ3v) is 6.17. The van der Waals surface area contributed by atoms with E-state index >= 15 is 0 Å². The van der Waals surface area contributed by atoms with Gasteiger partial charge in [-0.2, -0.15) is 26.3 Å². The summed E-state index contributed by atoms with van der Waals surface area (Å²) in [6.45, 7) is 1.01. The number of rotatable bonds is 4. The van der Waals surface area contributed by atoms with Gasteiger partial charge in [0.25, 0.3) is 0 Å². The molecular weight excluding hydrogens is 491 g/mol. The van der Waals surface area contributed by atoms with Crippen molar-refractivity contribution < 1.29 is 35.3 Å². The van der Waals surface area contributed by atoms with Crippen LogP contribution in [0.4, 0.5) is 32.0 Å². The molecule has 5 nitrogen and oxygen atoms in total. The largest absolute Gasteiger partial charge is 0.447 e. The Morgan fingerprint density at radius 1 is 1.17 bits per heavy atom. The summed E-state index contributed by atoms with van der Waals surface area (Å²) in [6, 6.07) is -0.660. The predicted molar refractivity (Wildman–Crippen MR) is 99.2 cm³/mol. The van der Waals surface area contributed by atoms with Gasteiger partial charge in [-0.1, -0.05) is 23.2 Å².